The van der Waals surface area contributed by atoms with Crippen LogP contribution in [0.5, 0.6) is 0 Å². The lowest BCUT2D eigenvalue weighted by Gasteiger charge is -1.99. The molecule has 0 N–H and O–H groups in total. The van der Waals surface area contributed by atoms with Crippen LogP contribution in [0.1, 0.15) is 5.69 Å². The summed E-state index contributed by atoms with van der Waals surface area (Å²) in [6.45, 7) is 1.96. The number of imidazole rings is 1. The molecule has 3 aromatic rings. The summed E-state index contributed by atoms with van der Waals surface area (Å²) in [7, 11) is 0. The maximum atomic E-state index is 10.8. The summed E-state index contributed by atoms with van der Waals surface area (Å²) in [4.78, 5) is 15.8. The quantitative estimate of drug-likeness (QED) is 0.524. The first-order valence-electron chi connectivity index (χ1n) is 5.34. The molecule has 0 amide bonds. The second-order valence-corrected chi connectivity index (χ2v) is 4.78. The number of aryl methyl sites for hydroxylation is 1. The van der Waals surface area contributed by atoms with E-state index in [1.165, 1.54) is 6.07 Å². The van der Waals surface area contributed by atoms with Crippen molar-refractivity contribution >= 4 is 22.0 Å². The molecule has 2 aromatic heterocycles. The van der Waals surface area contributed by atoms with Crippen molar-refractivity contribution in [1.29, 1.82) is 0 Å². The van der Waals surface area contributed by atoms with Gasteiger partial charge in [0.05, 0.1) is 10.6 Å². The second-order valence-electron chi connectivity index (χ2n) is 3.91. The first-order chi connectivity index (χ1) is 8.66. The maximum Gasteiger partial charge on any atom is 0.270 e. The first-order valence-corrected chi connectivity index (χ1v) is 6.22. The van der Waals surface area contributed by atoms with Crippen molar-refractivity contribution in [2.24, 2.45) is 0 Å². The average molecular weight is 259 g/mol. The zero-order valence-electron chi connectivity index (χ0n) is 9.53. The van der Waals surface area contributed by atoms with Gasteiger partial charge in [-0.2, -0.15) is 0 Å². The van der Waals surface area contributed by atoms with Gasteiger partial charge in [-0.05, 0) is 6.92 Å². The van der Waals surface area contributed by atoms with Crippen LogP contribution in [0.15, 0.2) is 35.8 Å². The van der Waals surface area contributed by atoms with E-state index in [9.17, 15) is 10.1 Å². The predicted octanol–water partition coefficient (Wildman–Crippen LogP) is 3.28. The normalized spacial score (nSPS) is 10.9. The molecule has 0 aliphatic carbocycles. The zero-order chi connectivity index (χ0) is 12.7. The van der Waals surface area contributed by atoms with Crippen molar-refractivity contribution in [2.45, 2.75) is 6.92 Å². The van der Waals surface area contributed by atoms with Crippen molar-refractivity contribution < 1.29 is 4.92 Å². The Labute approximate surface area is 106 Å². The van der Waals surface area contributed by atoms with E-state index in [-0.39, 0.29) is 5.69 Å². The molecule has 18 heavy (non-hydrogen) atoms. The number of benzene rings is 1. The molecule has 0 atom stereocenters. The molecular weight excluding hydrogens is 250 g/mol. The highest BCUT2D eigenvalue weighted by Gasteiger charge is 2.13. The molecule has 5 nitrogen and oxygen atoms in total. The number of non-ortho nitro benzene ring substituents is 1. The molecule has 0 radical (unpaired) electrons. The van der Waals surface area contributed by atoms with Crippen LogP contribution >= 0.6 is 11.3 Å². The average Bonchev–Trinajstić information content (AvgIpc) is 2.93. The minimum atomic E-state index is -0.392. The van der Waals surface area contributed by atoms with Gasteiger partial charge in [0, 0.05) is 35.0 Å². The number of rotatable bonds is 2. The number of hydrogen-bond acceptors (Lipinski definition) is 4. The van der Waals surface area contributed by atoms with Crippen molar-refractivity contribution in [3.8, 4) is 11.3 Å². The number of hydrogen-bond donors (Lipinski definition) is 0. The summed E-state index contributed by atoms with van der Waals surface area (Å²) in [5, 5.41) is 12.7. The number of nitro groups is 1. The van der Waals surface area contributed by atoms with E-state index < -0.39 is 4.92 Å². The van der Waals surface area contributed by atoms with Gasteiger partial charge in [0.2, 0.25) is 0 Å². The van der Waals surface area contributed by atoms with Crippen molar-refractivity contribution in [2.75, 3.05) is 0 Å². The highest BCUT2D eigenvalue weighted by Crippen LogP contribution is 2.28. The highest BCUT2D eigenvalue weighted by atomic mass is 32.1. The fourth-order valence-electron chi connectivity index (χ4n) is 1.94. The molecule has 0 bridgehead atoms. The maximum absolute atomic E-state index is 10.8. The molecule has 90 valence electrons. The third-order valence-corrected chi connectivity index (χ3v) is 3.59. The molecule has 0 saturated heterocycles. The predicted molar refractivity (Wildman–Crippen MR) is 69.9 cm³/mol. The molecule has 0 fully saturated rings. The van der Waals surface area contributed by atoms with Gasteiger partial charge in [-0.15, -0.1) is 11.3 Å². The standard InChI is InChI=1S/C12H9N3O2S/c1-8-11(13-12-14(8)5-6-18-12)9-3-2-4-10(7-9)15(16)17/h2-7H,1H3. The Morgan fingerprint density at radius 3 is 3.00 bits per heavy atom. The Hall–Kier alpha value is -2.21. The Balaban J connectivity index is 2.19. The van der Waals surface area contributed by atoms with Crippen LogP contribution in [0.2, 0.25) is 0 Å². The highest BCUT2D eigenvalue weighted by molar-refractivity contribution is 7.15. The van der Waals surface area contributed by atoms with E-state index in [0.29, 0.717) is 0 Å². The van der Waals surface area contributed by atoms with E-state index >= 15 is 0 Å². The molecule has 0 spiro atoms. The Bertz CT molecular complexity index is 745. The molecular formula is C12H9N3O2S. The van der Waals surface area contributed by atoms with E-state index in [1.54, 1.807) is 23.5 Å². The lowest BCUT2D eigenvalue weighted by Crippen LogP contribution is -1.89. The molecule has 0 saturated carbocycles. The van der Waals surface area contributed by atoms with Crippen LogP contribution in [0.3, 0.4) is 0 Å². The Morgan fingerprint density at radius 1 is 1.44 bits per heavy atom. The minimum Gasteiger partial charge on any atom is -0.294 e. The van der Waals surface area contributed by atoms with Crippen LogP contribution in [-0.2, 0) is 0 Å². The summed E-state index contributed by atoms with van der Waals surface area (Å²) in [5.41, 5.74) is 2.65. The molecule has 2 heterocycles. The van der Waals surface area contributed by atoms with Crippen molar-refractivity contribution in [3.63, 3.8) is 0 Å². The van der Waals surface area contributed by atoms with Gasteiger partial charge in [-0.3, -0.25) is 14.5 Å². The smallest absolute Gasteiger partial charge is 0.270 e. The van der Waals surface area contributed by atoms with Crippen LogP contribution in [0.4, 0.5) is 5.69 Å². The van der Waals surface area contributed by atoms with E-state index in [0.717, 1.165) is 21.9 Å². The van der Waals surface area contributed by atoms with Crippen LogP contribution < -0.4 is 0 Å². The van der Waals surface area contributed by atoms with Gasteiger partial charge < -0.3 is 0 Å². The van der Waals surface area contributed by atoms with Crippen LogP contribution in [-0.4, -0.2) is 14.3 Å². The minimum absolute atomic E-state index is 0.0863. The Kier molecular flexibility index (Phi) is 2.38. The van der Waals surface area contributed by atoms with Gasteiger partial charge in [0.1, 0.15) is 0 Å². The third kappa shape index (κ3) is 1.58. The number of thiazole rings is 1. The SMILES string of the molecule is Cc1c(-c2cccc([N+](=O)[O-])c2)nc2sccn12. The Morgan fingerprint density at radius 2 is 2.28 bits per heavy atom. The molecule has 0 aliphatic rings. The molecule has 0 aliphatic heterocycles. The lowest BCUT2D eigenvalue weighted by atomic mass is 10.1. The number of aromatic nitrogens is 2. The van der Waals surface area contributed by atoms with Gasteiger partial charge in [0.25, 0.3) is 5.69 Å². The largest absolute Gasteiger partial charge is 0.294 e. The topological polar surface area (TPSA) is 60.4 Å². The van der Waals surface area contributed by atoms with Gasteiger partial charge in [-0.1, -0.05) is 12.1 Å². The summed E-state index contributed by atoms with van der Waals surface area (Å²) >= 11 is 1.55. The van der Waals surface area contributed by atoms with Gasteiger partial charge >= 0.3 is 0 Å². The fourth-order valence-corrected chi connectivity index (χ4v) is 2.70. The van der Waals surface area contributed by atoms with Gasteiger partial charge in [0.15, 0.2) is 4.96 Å². The summed E-state index contributed by atoms with van der Waals surface area (Å²) in [6.07, 6.45) is 1.95. The zero-order valence-corrected chi connectivity index (χ0v) is 10.3. The second kappa shape index (κ2) is 3.92. The summed E-state index contributed by atoms with van der Waals surface area (Å²) in [5.74, 6) is 0. The van der Waals surface area contributed by atoms with Gasteiger partial charge in [-0.25, -0.2) is 4.98 Å². The number of fused-ring (bicyclic) bond motifs is 1. The van der Waals surface area contributed by atoms with Crippen LogP contribution in [0.25, 0.3) is 16.2 Å². The van der Waals surface area contributed by atoms with E-state index in [1.807, 2.05) is 29.0 Å². The molecule has 6 heteroatoms. The third-order valence-electron chi connectivity index (χ3n) is 2.83. The van der Waals surface area contributed by atoms with E-state index in [4.69, 9.17) is 0 Å². The monoisotopic (exact) mass is 259 g/mol. The molecule has 0 unspecified atom stereocenters. The molecule has 1 aromatic carbocycles. The summed E-state index contributed by atoms with van der Waals surface area (Å²) < 4.78 is 1.98. The molecule has 3 rings (SSSR count). The van der Waals surface area contributed by atoms with Crippen molar-refractivity contribution in [3.05, 3.63) is 51.7 Å². The van der Waals surface area contributed by atoms with E-state index in [2.05, 4.69) is 4.98 Å². The number of nitro benzene ring substituents is 1. The van der Waals surface area contributed by atoms with Crippen molar-refractivity contribution in [1.82, 2.24) is 9.38 Å². The number of nitrogens with zero attached hydrogens (tertiary/aromatic N) is 3. The van der Waals surface area contributed by atoms with Crippen LogP contribution in [0, 0.1) is 17.0 Å². The summed E-state index contributed by atoms with van der Waals surface area (Å²) in [6, 6.07) is 6.56. The lowest BCUT2D eigenvalue weighted by molar-refractivity contribution is -0.384. The first kappa shape index (κ1) is 10.9. The fraction of sp³-hybridized carbons (Fsp3) is 0.0833.